The van der Waals surface area contributed by atoms with Crippen molar-refractivity contribution in [3.63, 3.8) is 0 Å². The fourth-order valence-electron chi connectivity index (χ4n) is 6.38. The van der Waals surface area contributed by atoms with Crippen molar-refractivity contribution in [1.82, 2.24) is 8.97 Å². The van der Waals surface area contributed by atoms with E-state index in [1.165, 1.54) is 76.0 Å². The second-order valence-corrected chi connectivity index (χ2v) is 10.7. The summed E-state index contributed by atoms with van der Waals surface area (Å²) in [7, 11) is 0. The lowest BCUT2D eigenvalue weighted by Gasteiger charge is -2.08. The number of thiophene rings is 1. The number of hydrogen-bond donors (Lipinski definition) is 0. The van der Waals surface area contributed by atoms with Crippen LogP contribution in [0.15, 0.2) is 121 Å². The molecule has 0 radical (unpaired) electrons. The smallest absolute Gasteiger partial charge is 0.0649 e. The molecule has 5 aromatic carbocycles. The van der Waals surface area contributed by atoms with Crippen molar-refractivity contribution in [1.29, 1.82) is 0 Å². The molecule has 0 amide bonds. The Morgan fingerprint density at radius 2 is 1.14 bits per heavy atom. The van der Waals surface area contributed by atoms with Crippen molar-refractivity contribution in [2.24, 2.45) is 0 Å². The first-order valence-electron chi connectivity index (χ1n) is 12.6. The second-order valence-electron chi connectivity index (χ2n) is 9.83. The summed E-state index contributed by atoms with van der Waals surface area (Å²) in [5.74, 6) is 0. The van der Waals surface area contributed by atoms with Gasteiger partial charge in [0.05, 0.1) is 32.3 Å². The molecule has 0 saturated heterocycles. The first kappa shape index (κ1) is 19.6. The lowest BCUT2D eigenvalue weighted by Crippen LogP contribution is -1.92. The number of para-hydroxylation sites is 3. The van der Waals surface area contributed by atoms with E-state index in [0.717, 1.165) is 0 Å². The standard InChI is InChI=1S/C34H20N2S/c1-2-8-23(9-3-1)35-29-12-6-4-10-24(29)26-18-21(14-15-31(26)35)22-19-27-25-11-5-7-13-30(25)36-32-16-17-37-34(32)28(20-22)33(27)36/h1-20H. The zero-order chi connectivity index (χ0) is 24.1. The molecule has 3 heteroatoms. The minimum atomic E-state index is 1.19. The fraction of sp³-hybridized carbons (Fsp3) is 0. The summed E-state index contributed by atoms with van der Waals surface area (Å²) in [6.07, 6.45) is 0. The van der Waals surface area contributed by atoms with Crippen molar-refractivity contribution < 1.29 is 0 Å². The molecular formula is C34H20N2S. The average Bonchev–Trinajstić information content (AvgIpc) is 3.70. The van der Waals surface area contributed by atoms with E-state index in [4.69, 9.17) is 0 Å². The fourth-order valence-corrected chi connectivity index (χ4v) is 7.27. The van der Waals surface area contributed by atoms with Crippen LogP contribution in [0.1, 0.15) is 0 Å². The molecule has 172 valence electrons. The van der Waals surface area contributed by atoms with Gasteiger partial charge in [-0.1, -0.05) is 60.7 Å². The van der Waals surface area contributed by atoms with Gasteiger partial charge < -0.3 is 8.97 Å². The van der Waals surface area contributed by atoms with Crippen LogP contribution in [0, 0.1) is 0 Å². The van der Waals surface area contributed by atoms with Crippen LogP contribution in [0.5, 0.6) is 0 Å². The maximum absolute atomic E-state index is 2.45. The Hall–Kier alpha value is -4.60. The van der Waals surface area contributed by atoms with Crippen LogP contribution < -0.4 is 0 Å². The highest BCUT2D eigenvalue weighted by Gasteiger charge is 2.20. The number of hydrogen-bond acceptors (Lipinski definition) is 1. The van der Waals surface area contributed by atoms with Crippen molar-refractivity contribution >= 4 is 70.6 Å². The van der Waals surface area contributed by atoms with Crippen LogP contribution in [-0.2, 0) is 0 Å². The number of nitrogens with zero attached hydrogens (tertiary/aromatic N) is 2. The van der Waals surface area contributed by atoms with Crippen molar-refractivity contribution in [3.05, 3.63) is 121 Å². The van der Waals surface area contributed by atoms with Crippen LogP contribution in [-0.4, -0.2) is 8.97 Å². The number of benzene rings is 5. The summed E-state index contributed by atoms with van der Waals surface area (Å²) in [6, 6.07) is 42.2. The molecule has 9 rings (SSSR count). The number of aromatic nitrogens is 2. The van der Waals surface area contributed by atoms with Gasteiger partial charge in [0.25, 0.3) is 0 Å². The SMILES string of the molecule is c1ccc(-n2c3ccccc3c3cc(-c4cc5c6ccccc6n6c7ccsc7c(c4)c56)ccc32)cc1. The van der Waals surface area contributed by atoms with E-state index in [1.54, 1.807) is 0 Å². The molecule has 0 unspecified atom stereocenters. The maximum Gasteiger partial charge on any atom is 0.0649 e. The Bertz CT molecular complexity index is 2300. The van der Waals surface area contributed by atoms with Gasteiger partial charge in [-0.05, 0) is 71.1 Å². The van der Waals surface area contributed by atoms with Gasteiger partial charge in [-0.3, -0.25) is 0 Å². The minimum Gasteiger partial charge on any atom is -0.309 e. The van der Waals surface area contributed by atoms with Gasteiger partial charge >= 0.3 is 0 Å². The molecule has 9 aromatic rings. The first-order valence-corrected chi connectivity index (χ1v) is 13.5. The molecule has 4 aromatic heterocycles. The molecule has 0 saturated carbocycles. The maximum atomic E-state index is 2.45. The van der Waals surface area contributed by atoms with Gasteiger partial charge in [0.1, 0.15) is 0 Å². The van der Waals surface area contributed by atoms with E-state index >= 15 is 0 Å². The zero-order valence-electron chi connectivity index (χ0n) is 19.8. The van der Waals surface area contributed by atoms with Crippen LogP contribution in [0.2, 0.25) is 0 Å². The van der Waals surface area contributed by atoms with Gasteiger partial charge in [0.2, 0.25) is 0 Å². The Kier molecular flexibility index (Phi) is 3.70. The molecule has 0 N–H and O–H groups in total. The Balaban J connectivity index is 1.37. The molecule has 0 aliphatic carbocycles. The van der Waals surface area contributed by atoms with Crippen LogP contribution in [0.3, 0.4) is 0 Å². The van der Waals surface area contributed by atoms with E-state index in [9.17, 15) is 0 Å². The largest absolute Gasteiger partial charge is 0.309 e. The summed E-state index contributed by atoms with van der Waals surface area (Å²) in [5, 5.41) is 8.78. The summed E-state index contributed by atoms with van der Waals surface area (Å²) < 4.78 is 6.20. The number of rotatable bonds is 2. The van der Waals surface area contributed by atoms with Crippen molar-refractivity contribution in [3.8, 4) is 16.8 Å². The molecule has 0 aliphatic rings. The van der Waals surface area contributed by atoms with E-state index in [2.05, 4.69) is 130 Å². The van der Waals surface area contributed by atoms with E-state index in [1.807, 2.05) is 11.3 Å². The summed E-state index contributed by atoms with van der Waals surface area (Å²) >= 11 is 1.84. The number of fused-ring (bicyclic) bond motifs is 9. The van der Waals surface area contributed by atoms with Crippen molar-refractivity contribution in [2.45, 2.75) is 0 Å². The minimum absolute atomic E-state index is 1.19. The highest BCUT2D eigenvalue weighted by molar-refractivity contribution is 7.18. The molecule has 37 heavy (non-hydrogen) atoms. The van der Waals surface area contributed by atoms with Gasteiger partial charge in [-0.15, -0.1) is 11.3 Å². The van der Waals surface area contributed by atoms with Crippen LogP contribution >= 0.6 is 11.3 Å². The molecule has 0 spiro atoms. The third-order valence-corrected chi connectivity index (χ3v) is 8.86. The summed E-state index contributed by atoms with van der Waals surface area (Å²) in [4.78, 5) is 0. The van der Waals surface area contributed by atoms with E-state index in [-0.39, 0.29) is 0 Å². The van der Waals surface area contributed by atoms with Gasteiger partial charge in [0, 0.05) is 32.6 Å². The lowest BCUT2D eigenvalue weighted by molar-refractivity contribution is 1.18. The monoisotopic (exact) mass is 488 g/mol. The normalized spacial score (nSPS) is 12.3. The lowest BCUT2D eigenvalue weighted by atomic mass is 9.99. The topological polar surface area (TPSA) is 9.34 Å². The molecule has 2 nitrogen and oxygen atoms in total. The van der Waals surface area contributed by atoms with Gasteiger partial charge in [-0.2, -0.15) is 0 Å². The molecule has 0 bridgehead atoms. The highest BCUT2D eigenvalue weighted by atomic mass is 32.1. The van der Waals surface area contributed by atoms with Crippen molar-refractivity contribution in [2.75, 3.05) is 0 Å². The third kappa shape index (κ3) is 2.49. The molecular weight excluding hydrogens is 468 g/mol. The summed E-state index contributed by atoms with van der Waals surface area (Å²) in [6.45, 7) is 0. The molecule has 0 aliphatic heterocycles. The zero-order valence-corrected chi connectivity index (χ0v) is 20.7. The highest BCUT2D eigenvalue weighted by Crippen LogP contribution is 2.44. The first-order chi connectivity index (χ1) is 18.4. The van der Waals surface area contributed by atoms with E-state index < -0.39 is 0 Å². The van der Waals surface area contributed by atoms with E-state index in [0.29, 0.717) is 0 Å². The predicted octanol–water partition coefficient (Wildman–Crippen LogP) is 9.66. The average molecular weight is 489 g/mol. The predicted molar refractivity (Wildman–Crippen MR) is 159 cm³/mol. The third-order valence-electron chi connectivity index (χ3n) is 7.92. The second kappa shape index (κ2) is 7.00. The molecule has 4 heterocycles. The Morgan fingerprint density at radius 1 is 0.459 bits per heavy atom. The Morgan fingerprint density at radius 3 is 2.00 bits per heavy atom. The van der Waals surface area contributed by atoms with Gasteiger partial charge in [0.15, 0.2) is 0 Å². The van der Waals surface area contributed by atoms with Crippen LogP contribution in [0.4, 0.5) is 0 Å². The van der Waals surface area contributed by atoms with Crippen LogP contribution in [0.25, 0.3) is 76.0 Å². The molecule has 0 atom stereocenters. The quantitative estimate of drug-likeness (QED) is 0.229. The Labute approximate surface area is 216 Å². The molecule has 0 fully saturated rings. The van der Waals surface area contributed by atoms with Gasteiger partial charge in [-0.25, -0.2) is 0 Å². The summed E-state index contributed by atoms with van der Waals surface area (Å²) in [5.41, 5.74) is 10.1.